The van der Waals surface area contributed by atoms with Gasteiger partial charge in [-0.25, -0.2) is 4.79 Å². The molecule has 1 aliphatic carbocycles. The number of hydrogen-bond donors (Lipinski definition) is 0. The van der Waals surface area contributed by atoms with Crippen molar-refractivity contribution in [1.29, 1.82) is 0 Å². The van der Waals surface area contributed by atoms with Crippen LogP contribution in [0.25, 0.3) is 0 Å². The van der Waals surface area contributed by atoms with Gasteiger partial charge in [0.25, 0.3) is 0 Å². The summed E-state index contributed by atoms with van der Waals surface area (Å²) in [5.41, 5.74) is -0.311. The van der Waals surface area contributed by atoms with Crippen LogP contribution in [0.3, 0.4) is 0 Å². The van der Waals surface area contributed by atoms with Crippen molar-refractivity contribution in [3.05, 3.63) is 30.3 Å². The van der Waals surface area contributed by atoms with Gasteiger partial charge in [0.15, 0.2) is 0 Å². The Labute approximate surface area is 117 Å². The van der Waals surface area contributed by atoms with Crippen LogP contribution in [0.5, 0.6) is 0 Å². The molecule has 1 aromatic rings. The van der Waals surface area contributed by atoms with Gasteiger partial charge in [0, 0.05) is 4.90 Å². The zero-order chi connectivity index (χ0) is 13.1. The molecule has 2 aliphatic rings. The first-order valence-electron chi connectivity index (χ1n) is 6.86. The largest absolute Gasteiger partial charge is 0.508 e. The van der Waals surface area contributed by atoms with Crippen molar-refractivity contribution >= 4 is 17.9 Å². The molecule has 1 aromatic carbocycles. The predicted octanol–water partition coefficient (Wildman–Crippen LogP) is 4.02. The average molecular weight is 278 g/mol. The lowest BCUT2D eigenvalue weighted by Gasteiger charge is -2.44. The Morgan fingerprint density at radius 3 is 2.58 bits per heavy atom. The standard InChI is InChI=1S/C15H18O3S/c16-14-17-11-13(19-12-7-3-1-4-8-12)15(18-14)9-5-2-6-10-15/h1,3-4,7-8,13H,2,5-6,9-11H2. The Morgan fingerprint density at radius 1 is 1.11 bits per heavy atom. The topological polar surface area (TPSA) is 35.5 Å². The van der Waals surface area contributed by atoms with Crippen LogP contribution in [0, 0.1) is 0 Å². The molecule has 0 radical (unpaired) electrons. The Morgan fingerprint density at radius 2 is 1.84 bits per heavy atom. The van der Waals surface area contributed by atoms with E-state index in [4.69, 9.17) is 9.47 Å². The SMILES string of the molecule is O=C1OCC(Sc2ccccc2)C2(CCCCC2)O1. The summed E-state index contributed by atoms with van der Waals surface area (Å²) >= 11 is 1.77. The van der Waals surface area contributed by atoms with E-state index < -0.39 is 6.16 Å². The lowest BCUT2D eigenvalue weighted by molar-refractivity contribution is -0.0958. The predicted molar refractivity (Wildman–Crippen MR) is 74.3 cm³/mol. The summed E-state index contributed by atoms with van der Waals surface area (Å²) in [6.07, 6.45) is 4.95. The van der Waals surface area contributed by atoms with Crippen LogP contribution < -0.4 is 0 Å². The summed E-state index contributed by atoms with van der Waals surface area (Å²) in [5, 5.41) is 0.202. The first-order chi connectivity index (χ1) is 9.28. The molecule has 3 nitrogen and oxygen atoms in total. The van der Waals surface area contributed by atoms with Gasteiger partial charge in [-0.05, 0) is 37.8 Å². The van der Waals surface area contributed by atoms with Gasteiger partial charge in [-0.1, -0.05) is 24.6 Å². The van der Waals surface area contributed by atoms with Gasteiger partial charge in [0.2, 0.25) is 0 Å². The van der Waals surface area contributed by atoms with Gasteiger partial charge in [-0.15, -0.1) is 11.8 Å². The number of cyclic esters (lactones) is 1. The second-order valence-corrected chi connectivity index (χ2v) is 6.48. The molecular formula is C15H18O3S. The van der Waals surface area contributed by atoms with Crippen molar-refractivity contribution in [3.63, 3.8) is 0 Å². The van der Waals surface area contributed by atoms with Gasteiger partial charge in [-0.3, -0.25) is 0 Å². The Bertz CT molecular complexity index is 440. The van der Waals surface area contributed by atoms with Gasteiger partial charge >= 0.3 is 6.16 Å². The van der Waals surface area contributed by atoms with E-state index in [0.29, 0.717) is 6.61 Å². The second kappa shape index (κ2) is 5.45. The third-order valence-corrected chi connectivity index (χ3v) is 5.34. The molecule has 1 heterocycles. The smallest absolute Gasteiger partial charge is 0.433 e. The minimum absolute atomic E-state index is 0.202. The molecular weight excluding hydrogens is 260 g/mol. The normalized spacial score (nSPS) is 25.7. The quantitative estimate of drug-likeness (QED) is 0.765. The number of carbonyl (C=O) groups excluding carboxylic acids is 1. The van der Waals surface area contributed by atoms with Gasteiger partial charge in [0.05, 0.1) is 5.25 Å². The van der Waals surface area contributed by atoms with Crippen molar-refractivity contribution in [1.82, 2.24) is 0 Å². The number of thioether (sulfide) groups is 1. The van der Waals surface area contributed by atoms with Gasteiger partial charge in [0.1, 0.15) is 12.2 Å². The van der Waals surface area contributed by atoms with Gasteiger partial charge < -0.3 is 9.47 Å². The number of benzene rings is 1. The number of rotatable bonds is 2. The van der Waals surface area contributed by atoms with Crippen LogP contribution in [-0.2, 0) is 9.47 Å². The van der Waals surface area contributed by atoms with E-state index in [1.165, 1.54) is 11.3 Å². The molecule has 1 aliphatic heterocycles. The lowest BCUT2D eigenvalue weighted by atomic mass is 9.82. The molecule has 0 aromatic heterocycles. The second-order valence-electron chi connectivity index (χ2n) is 5.21. The summed E-state index contributed by atoms with van der Waals surface area (Å²) in [6, 6.07) is 10.3. The maximum Gasteiger partial charge on any atom is 0.508 e. The highest BCUT2D eigenvalue weighted by atomic mass is 32.2. The minimum atomic E-state index is -0.494. The van der Waals surface area contributed by atoms with Crippen LogP contribution in [-0.4, -0.2) is 23.6 Å². The van der Waals surface area contributed by atoms with E-state index in [0.717, 1.165) is 25.7 Å². The molecule has 0 amide bonds. The molecule has 0 bridgehead atoms. The highest BCUT2D eigenvalue weighted by Crippen LogP contribution is 2.44. The van der Waals surface area contributed by atoms with Crippen molar-refractivity contribution in [2.45, 2.75) is 47.9 Å². The third kappa shape index (κ3) is 2.73. The summed E-state index contributed by atoms with van der Waals surface area (Å²) in [7, 11) is 0. The molecule has 1 unspecified atom stereocenters. The maximum absolute atomic E-state index is 11.5. The van der Waals surface area contributed by atoms with E-state index in [2.05, 4.69) is 12.1 Å². The third-order valence-electron chi connectivity index (χ3n) is 3.95. The number of ether oxygens (including phenoxy) is 2. The van der Waals surface area contributed by atoms with Crippen molar-refractivity contribution in [3.8, 4) is 0 Å². The van der Waals surface area contributed by atoms with Crippen LogP contribution in [0.15, 0.2) is 35.2 Å². The Hall–Kier alpha value is -1.16. The summed E-state index contributed by atoms with van der Waals surface area (Å²) in [6.45, 7) is 0.457. The number of carbonyl (C=O) groups is 1. The molecule has 2 fully saturated rings. The molecule has 19 heavy (non-hydrogen) atoms. The molecule has 3 rings (SSSR count). The Balaban J connectivity index is 1.79. The molecule has 1 saturated heterocycles. The van der Waals surface area contributed by atoms with Gasteiger partial charge in [-0.2, -0.15) is 0 Å². The minimum Gasteiger partial charge on any atom is -0.433 e. The van der Waals surface area contributed by atoms with E-state index in [-0.39, 0.29) is 10.9 Å². The van der Waals surface area contributed by atoms with Crippen LogP contribution in [0.1, 0.15) is 32.1 Å². The van der Waals surface area contributed by atoms with Crippen LogP contribution >= 0.6 is 11.8 Å². The monoisotopic (exact) mass is 278 g/mol. The zero-order valence-corrected chi connectivity index (χ0v) is 11.7. The zero-order valence-electron chi connectivity index (χ0n) is 10.8. The molecule has 102 valence electrons. The van der Waals surface area contributed by atoms with E-state index in [1.807, 2.05) is 18.2 Å². The fourth-order valence-electron chi connectivity index (χ4n) is 2.94. The summed E-state index contributed by atoms with van der Waals surface area (Å²) in [4.78, 5) is 12.7. The highest BCUT2D eigenvalue weighted by Gasteiger charge is 2.48. The number of hydrogen-bond acceptors (Lipinski definition) is 4. The van der Waals surface area contributed by atoms with Crippen LogP contribution in [0.2, 0.25) is 0 Å². The Kier molecular flexibility index (Phi) is 3.69. The molecule has 1 saturated carbocycles. The molecule has 0 N–H and O–H groups in total. The highest BCUT2D eigenvalue weighted by molar-refractivity contribution is 8.00. The maximum atomic E-state index is 11.5. The summed E-state index contributed by atoms with van der Waals surface area (Å²) < 4.78 is 10.7. The van der Waals surface area contributed by atoms with Crippen molar-refractivity contribution in [2.75, 3.05) is 6.61 Å². The van der Waals surface area contributed by atoms with Crippen molar-refractivity contribution < 1.29 is 14.3 Å². The molecule has 1 spiro atoms. The van der Waals surface area contributed by atoms with E-state index in [1.54, 1.807) is 11.8 Å². The first kappa shape index (κ1) is 12.9. The molecule has 4 heteroatoms. The summed E-state index contributed by atoms with van der Waals surface area (Å²) in [5.74, 6) is 0. The fraction of sp³-hybridized carbons (Fsp3) is 0.533. The van der Waals surface area contributed by atoms with Crippen molar-refractivity contribution in [2.24, 2.45) is 0 Å². The first-order valence-corrected chi connectivity index (χ1v) is 7.74. The average Bonchev–Trinajstić information content (AvgIpc) is 2.44. The van der Waals surface area contributed by atoms with E-state index in [9.17, 15) is 4.79 Å². The fourth-order valence-corrected chi connectivity index (χ4v) is 4.21. The molecule has 1 atom stereocenters. The van der Waals surface area contributed by atoms with Crippen LogP contribution in [0.4, 0.5) is 4.79 Å². The van der Waals surface area contributed by atoms with E-state index >= 15 is 0 Å². The lowest BCUT2D eigenvalue weighted by Crippen LogP contribution is -2.52.